The van der Waals surface area contributed by atoms with Crippen LogP contribution in [0.3, 0.4) is 0 Å². The second-order valence-corrected chi connectivity index (χ2v) is 8.94. The highest BCUT2D eigenvalue weighted by atomic mass is 32.2. The van der Waals surface area contributed by atoms with E-state index in [0.29, 0.717) is 18.0 Å². The van der Waals surface area contributed by atoms with Crippen molar-refractivity contribution < 1.29 is 22.7 Å². The van der Waals surface area contributed by atoms with E-state index in [1.54, 1.807) is 24.3 Å². The van der Waals surface area contributed by atoms with Gasteiger partial charge in [0.15, 0.2) is 5.11 Å². The molecule has 0 unspecified atom stereocenters. The zero-order chi connectivity index (χ0) is 25.3. The summed E-state index contributed by atoms with van der Waals surface area (Å²) in [5.74, 6) is 0.0530. The van der Waals surface area contributed by atoms with E-state index in [4.69, 9.17) is 33.2 Å². The molecule has 0 radical (unpaired) electrons. The standard InChI is InChI=1S/C23H23N5O5S2/c24-22(25)28-35(30,31)18-12-10-16(11-13-18)26-23(34)27-21(29)19-8-4-5-9-20(19)33-15-14-32-17-6-2-1-3-7-17/h1-13H,14-15H2,(H4,24,25,28)(H2,26,27,29,34). The zero-order valence-corrected chi connectivity index (χ0v) is 20.0. The number of nitrogens with two attached hydrogens (primary N) is 2. The number of para-hydroxylation sites is 2. The maximum atomic E-state index is 12.7. The van der Waals surface area contributed by atoms with Gasteiger partial charge in [0.1, 0.15) is 24.7 Å². The molecule has 0 saturated heterocycles. The lowest BCUT2D eigenvalue weighted by Crippen LogP contribution is -2.34. The first-order valence-corrected chi connectivity index (χ1v) is 12.1. The van der Waals surface area contributed by atoms with Gasteiger partial charge in [-0.05, 0) is 60.7 Å². The molecule has 0 aliphatic carbocycles. The summed E-state index contributed by atoms with van der Waals surface area (Å²) < 4.78 is 38.5. The molecule has 0 saturated carbocycles. The number of nitrogens with one attached hydrogen (secondary N) is 2. The number of amides is 1. The molecule has 0 bridgehead atoms. The Morgan fingerprint density at radius 3 is 2.20 bits per heavy atom. The van der Waals surface area contributed by atoms with Crippen molar-refractivity contribution >= 4 is 44.9 Å². The molecule has 35 heavy (non-hydrogen) atoms. The average Bonchev–Trinajstić information content (AvgIpc) is 2.82. The molecular weight excluding hydrogens is 490 g/mol. The predicted octanol–water partition coefficient (Wildman–Crippen LogP) is 2.23. The van der Waals surface area contributed by atoms with Gasteiger partial charge in [0.2, 0.25) is 5.96 Å². The highest BCUT2D eigenvalue weighted by Gasteiger charge is 2.15. The zero-order valence-electron chi connectivity index (χ0n) is 18.4. The van der Waals surface area contributed by atoms with E-state index >= 15 is 0 Å². The molecule has 3 aromatic rings. The number of hydrogen-bond acceptors (Lipinski definition) is 6. The number of ether oxygens (including phenoxy) is 2. The van der Waals surface area contributed by atoms with Crippen LogP contribution in [0.2, 0.25) is 0 Å². The molecule has 182 valence electrons. The minimum Gasteiger partial charge on any atom is -0.490 e. The number of benzene rings is 3. The summed E-state index contributed by atoms with van der Waals surface area (Å²) in [5.41, 5.74) is 11.0. The van der Waals surface area contributed by atoms with Gasteiger partial charge < -0.3 is 26.3 Å². The summed E-state index contributed by atoms with van der Waals surface area (Å²) in [7, 11) is -4.01. The topological polar surface area (TPSA) is 158 Å². The summed E-state index contributed by atoms with van der Waals surface area (Å²) in [6.45, 7) is 0.534. The summed E-state index contributed by atoms with van der Waals surface area (Å²) in [6.07, 6.45) is 0. The molecule has 0 fully saturated rings. The third-order valence-corrected chi connectivity index (χ3v) is 5.87. The van der Waals surface area contributed by atoms with E-state index in [1.165, 1.54) is 24.3 Å². The molecule has 12 heteroatoms. The van der Waals surface area contributed by atoms with Crippen LogP contribution in [0.25, 0.3) is 0 Å². The lowest BCUT2D eigenvalue weighted by Gasteiger charge is -2.13. The van der Waals surface area contributed by atoms with Crippen LogP contribution in [-0.2, 0) is 10.0 Å². The largest absolute Gasteiger partial charge is 0.490 e. The Balaban J connectivity index is 1.56. The minimum absolute atomic E-state index is 0.0112. The molecule has 1 amide bonds. The number of sulfonamides is 1. The summed E-state index contributed by atoms with van der Waals surface area (Å²) in [5, 5.41) is 5.39. The minimum atomic E-state index is -4.01. The second kappa shape index (κ2) is 11.8. The van der Waals surface area contributed by atoms with E-state index < -0.39 is 21.9 Å². The van der Waals surface area contributed by atoms with E-state index in [1.807, 2.05) is 30.3 Å². The summed E-state index contributed by atoms with van der Waals surface area (Å²) in [4.78, 5) is 12.6. The number of anilines is 1. The van der Waals surface area contributed by atoms with Crippen LogP contribution in [0.4, 0.5) is 5.69 Å². The van der Waals surface area contributed by atoms with Gasteiger partial charge in [0, 0.05) is 5.69 Å². The van der Waals surface area contributed by atoms with Crippen LogP contribution in [0.1, 0.15) is 10.4 Å². The Bertz CT molecular complexity index is 1310. The van der Waals surface area contributed by atoms with Crippen LogP contribution in [-0.4, -0.2) is 38.6 Å². The fraction of sp³-hybridized carbons (Fsp3) is 0.0870. The second-order valence-electron chi connectivity index (χ2n) is 6.93. The molecule has 0 heterocycles. The van der Waals surface area contributed by atoms with Gasteiger partial charge in [-0.1, -0.05) is 30.3 Å². The number of guanidine groups is 1. The molecule has 6 N–H and O–H groups in total. The Morgan fingerprint density at radius 1 is 0.886 bits per heavy atom. The first kappa shape index (κ1) is 25.5. The van der Waals surface area contributed by atoms with Crippen molar-refractivity contribution in [2.45, 2.75) is 4.90 Å². The van der Waals surface area contributed by atoms with Gasteiger partial charge in [0.25, 0.3) is 15.9 Å². The maximum Gasteiger partial charge on any atom is 0.285 e. The van der Waals surface area contributed by atoms with E-state index in [-0.39, 0.29) is 22.2 Å². The van der Waals surface area contributed by atoms with E-state index in [2.05, 4.69) is 15.0 Å². The molecule has 0 atom stereocenters. The fourth-order valence-electron chi connectivity index (χ4n) is 2.84. The van der Waals surface area contributed by atoms with Crippen molar-refractivity contribution in [3.05, 3.63) is 84.4 Å². The van der Waals surface area contributed by atoms with Gasteiger partial charge in [-0.3, -0.25) is 10.1 Å². The van der Waals surface area contributed by atoms with Crippen LogP contribution in [0.15, 0.2) is 88.2 Å². The highest BCUT2D eigenvalue weighted by Crippen LogP contribution is 2.19. The molecular formula is C23H23N5O5S2. The molecule has 0 aliphatic heterocycles. The fourth-order valence-corrected chi connectivity index (χ4v) is 3.92. The van der Waals surface area contributed by atoms with Crippen molar-refractivity contribution in [1.82, 2.24) is 5.32 Å². The van der Waals surface area contributed by atoms with Crippen molar-refractivity contribution in [3.8, 4) is 11.5 Å². The SMILES string of the molecule is NC(N)=NS(=O)(=O)c1ccc(NC(=S)NC(=O)c2ccccc2OCCOc2ccccc2)cc1. The molecule has 0 aliphatic rings. The van der Waals surface area contributed by atoms with Crippen molar-refractivity contribution in [2.75, 3.05) is 18.5 Å². The Kier molecular flexibility index (Phi) is 8.59. The highest BCUT2D eigenvalue weighted by molar-refractivity contribution is 7.90. The van der Waals surface area contributed by atoms with Crippen molar-refractivity contribution in [1.29, 1.82) is 0 Å². The number of thiocarbonyl (C=S) groups is 1. The van der Waals surface area contributed by atoms with Gasteiger partial charge in [-0.15, -0.1) is 4.40 Å². The normalized spacial score (nSPS) is 10.6. The monoisotopic (exact) mass is 513 g/mol. The smallest absolute Gasteiger partial charge is 0.285 e. The average molecular weight is 514 g/mol. The van der Waals surface area contributed by atoms with E-state index in [0.717, 1.165) is 5.75 Å². The number of carbonyl (C=O) groups is 1. The lowest BCUT2D eigenvalue weighted by molar-refractivity contribution is 0.0972. The number of nitrogens with zero attached hydrogens (tertiary/aromatic N) is 1. The van der Waals surface area contributed by atoms with Crippen molar-refractivity contribution in [2.24, 2.45) is 15.9 Å². The van der Waals surface area contributed by atoms with Crippen molar-refractivity contribution in [3.63, 3.8) is 0 Å². The Labute approximate surface area is 208 Å². The summed E-state index contributed by atoms with van der Waals surface area (Å²) in [6, 6.07) is 21.6. The van der Waals surface area contributed by atoms with Crippen LogP contribution >= 0.6 is 12.2 Å². The summed E-state index contributed by atoms with van der Waals surface area (Å²) >= 11 is 5.20. The first-order valence-electron chi connectivity index (χ1n) is 10.2. The van der Waals surface area contributed by atoms with Crippen LogP contribution in [0.5, 0.6) is 11.5 Å². The van der Waals surface area contributed by atoms with E-state index in [9.17, 15) is 13.2 Å². The van der Waals surface area contributed by atoms with Gasteiger partial charge in [-0.2, -0.15) is 8.42 Å². The van der Waals surface area contributed by atoms with Crippen LogP contribution < -0.4 is 31.6 Å². The van der Waals surface area contributed by atoms with Gasteiger partial charge >= 0.3 is 0 Å². The van der Waals surface area contributed by atoms with Gasteiger partial charge in [-0.25, -0.2) is 0 Å². The maximum absolute atomic E-state index is 12.7. The van der Waals surface area contributed by atoms with Crippen LogP contribution in [0, 0.1) is 0 Å². The molecule has 3 aromatic carbocycles. The number of carbonyl (C=O) groups excluding carboxylic acids is 1. The first-order chi connectivity index (χ1) is 16.7. The molecule has 3 rings (SSSR count). The Morgan fingerprint density at radius 2 is 1.51 bits per heavy atom. The molecule has 0 aromatic heterocycles. The quantitative estimate of drug-likeness (QED) is 0.146. The van der Waals surface area contributed by atoms with Gasteiger partial charge in [0.05, 0.1) is 10.5 Å². The lowest BCUT2D eigenvalue weighted by atomic mass is 10.2. The number of hydrogen-bond donors (Lipinski definition) is 4. The Hall–Kier alpha value is -4.16. The third-order valence-electron chi connectivity index (χ3n) is 4.35. The molecule has 10 nitrogen and oxygen atoms in total. The molecule has 0 spiro atoms. The third kappa shape index (κ3) is 7.69. The number of rotatable bonds is 9. The predicted molar refractivity (Wildman–Crippen MR) is 137 cm³/mol.